The van der Waals surface area contributed by atoms with Crippen molar-refractivity contribution in [3.63, 3.8) is 0 Å². The largest absolute Gasteiger partial charge is 0.351 e. The Balaban J connectivity index is 1.27. The second kappa shape index (κ2) is 12.3. The van der Waals surface area contributed by atoms with E-state index in [9.17, 15) is 9.59 Å². The van der Waals surface area contributed by atoms with E-state index in [2.05, 4.69) is 39.4 Å². The van der Waals surface area contributed by atoms with Crippen molar-refractivity contribution < 1.29 is 9.59 Å². The lowest BCUT2D eigenvalue weighted by molar-refractivity contribution is -0.133. The molecule has 1 aliphatic rings. The molecule has 0 aromatic heterocycles. The Morgan fingerprint density at radius 2 is 1.20 bits per heavy atom. The molecular formula is C29H34N4O2. The molecular weight excluding hydrogens is 436 g/mol. The second-order valence-electron chi connectivity index (χ2n) is 9.04. The summed E-state index contributed by atoms with van der Waals surface area (Å²) in [6.07, 6.45) is 0. The Kier molecular flexibility index (Phi) is 8.65. The van der Waals surface area contributed by atoms with Crippen molar-refractivity contribution in [2.75, 3.05) is 46.3 Å². The normalized spacial score (nSPS) is 14.6. The Labute approximate surface area is 208 Å². The summed E-state index contributed by atoms with van der Waals surface area (Å²) in [6.45, 7) is 4.40. The van der Waals surface area contributed by atoms with E-state index in [1.54, 1.807) is 0 Å². The van der Waals surface area contributed by atoms with Crippen LogP contribution in [0.1, 0.15) is 22.7 Å². The molecule has 182 valence electrons. The minimum Gasteiger partial charge on any atom is -0.351 e. The van der Waals surface area contributed by atoms with Crippen molar-refractivity contribution in [2.45, 2.75) is 12.6 Å². The van der Waals surface area contributed by atoms with Crippen molar-refractivity contribution in [3.05, 3.63) is 108 Å². The molecule has 0 atom stereocenters. The average molecular weight is 471 g/mol. The summed E-state index contributed by atoms with van der Waals surface area (Å²) in [6, 6.07) is 30.1. The molecule has 0 unspecified atom stereocenters. The monoisotopic (exact) mass is 470 g/mol. The van der Waals surface area contributed by atoms with E-state index in [1.165, 1.54) is 0 Å². The first-order chi connectivity index (χ1) is 17.1. The number of hydrogen-bond acceptors (Lipinski definition) is 4. The maximum atomic E-state index is 13.3. The molecule has 1 heterocycles. The predicted octanol–water partition coefficient (Wildman–Crippen LogP) is 3.17. The SMILES string of the molecule is CN(C(=O)CN1CCN(CC(=O)NCc2ccccc2)CC1)C(c1ccccc1)c1ccccc1. The lowest BCUT2D eigenvalue weighted by atomic mass is 9.97. The van der Waals surface area contributed by atoms with Crippen LogP contribution in [0, 0.1) is 0 Å². The van der Waals surface area contributed by atoms with Gasteiger partial charge in [0.15, 0.2) is 0 Å². The molecule has 0 saturated carbocycles. The zero-order valence-corrected chi connectivity index (χ0v) is 20.3. The highest BCUT2D eigenvalue weighted by atomic mass is 16.2. The van der Waals surface area contributed by atoms with Gasteiger partial charge in [0.1, 0.15) is 0 Å². The van der Waals surface area contributed by atoms with Gasteiger partial charge in [-0.2, -0.15) is 0 Å². The van der Waals surface area contributed by atoms with Crippen LogP contribution < -0.4 is 5.32 Å². The van der Waals surface area contributed by atoms with E-state index in [-0.39, 0.29) is 17.9 Å². The lowest BCUT2D eigenvalue weighted by Crippen LogP contribution is -2.51. The second-order valence-corrected chi connectivity index (χ2v) is 9.04. The van der Waals surface area contributed by atoms with Crippen LogP contribution in [-0.2, 0) is 16.1 Å². The van der Waals surface area contributed by atoms with Gasteiger partial charge in [-0.25, -0.2) is 0 Å². The highest BCUT2D eigenvalue weighted by Crippen LogP contribution is 2.27. The molecule has 1 N–H and O–H groups in total. The summed E-state index contributed by atoms with van der Waals surface area (Å²) < 4.78 is 0. The van der Waals surface area contributed by atoms with Crippen LogP contribution in [0.15, 0.2) is 91.0 Å². The topological polar surface area (TPSA) is 55.9 Å². The number of nitrogens with zero attached hydrogens (tertiary/aromatic N) is 3. The maximum absolute atomic E-state index is 13.3. The number of carbonyl (C=O) groups excluding carboxylic acids is 2. The number of amides is 2. The first kappa shape index (κ1) is 24.6. The van der Waals surface area contributed by atoms with Gasteiger partial charge in [-0.1, -0.05) is 91.0 Å². The number of carbonyl (C=O) groups is 2. The van der Waals surface area contributed by atoms with Crippen LogP contribution in [0.2, 0.25) is 0 Å². The third-order valence-corrected chi connectivity index (χ3v) is 6.53. The van der Waals surface area contributed by atoms with Crippen LogP contribution in [-0.4, -0.2) is 72.8 Å². The molecule has 1 aliphatic heterocycles. The van der Waals surface area contributed by atoms with Gasteiger partial charge in [0.05, 0.1) is 19.1 Å². The van der Waals surface area contributed by atoms with E-state index < -0.39 is 0 Å². The molecule has 3 aromatic rings. The third kappa shape index (κ3) is 7.01. The number of nitrogens with one attached hydrogen (secondary N) is 1. The number of rotatable bonds is 9. The van der Waals surface area contributed by atoms with E-state index in [0.29, 0.717) is 19.6 Å². The number of piperazine rings is 1. The zero-order valence-electron chi connectivity index (χ0n) is 20.3. The Bertz CT molecular complexity index is 1030. The highest BCUT2D eigenvalue weighted by molar-refractivity contribution is 5.79. The fourth-order valence-electron chi connectivity index (χ4n) is 4.52. The molecule has 6 nitrogen and oxygen atoms in total. The summed E-state index contributed by atoms with van der Waals surface area (Å²) in [5, 5.41) is 2.99. The quantitative estimate of drug-likeness (QED) is 0.522. The molecule has 0 radical (unpaired) electrons. The van der Waals surface area contributed by atoms with Gasteiger partial charge >= 0.3 is 0 Å². The van der Waals surface area contributed by atoms with Gasteiger partial charge in [-0.3, -0.25) is 19.4 Å². The van der Waals surface area contributed by atoms with E-state index in [0.717, 1.165) is 42.9 Å². The van der Waals surface area contributed by atoms with Gasteiger partial charge in [0.25, 0.3) is 0 Å². The summed E-state index contributed by atoms with van der Waals surface area (Å²) in [4.78, 5) is 31.8. The van der Waals surface area contributed by atoms with Crippen molar-refractivity contribution in [1.29, 1.82) is 0 Å². The highest BCUT2D eigenvalue weighted by Gasteiger charge is 2.26. The van der Waals surface area contributed by atoms with Gasteiger partial charge in [-0.15, -0.1) is 0 Å². The molecule has 4 rings (SSSR count). The molecule has 0 bridgehead atoms. The first-order valence-corrected chi connectivity index (χ1v) is 12.2. The summed E-state index contributed by atoms with van der Waals surface area (Å²) >= 11 is 0. The summed E-state index contributed by atoms with van der Waals surface area (Å²) in [5.41, 5.74) is 3.29. The van der Waals surface area contributed by atoms with Gasteiger partial charge in [0, 0.05) is 39.8 Å². The molecule has 0 aliphatic carbocycles. The molecule has 3 aromatic carbocycles. The molecule has 1 saturated heterocycles. The molecule has 2 amide bonds. The molecule has 0 spiro atoms. The first-order valence-electron chi connectivity index (χ1n) is 12.2. The van der Waals surface area contributed by atoms with Crippen LogP contribution in [0.25, 0.3) is 0 Å². The Morgan fingerprint density at radius 3 is 1.71 bits per heavy atom. The summed E-state index contributed by atoms with van der Waals surface area (Å²) in [7, 11) is 1.89. The lowest BCUT2D eigenvalue weighted by Gasteiger charge is -2.36. The average Bonchev–Trinajstić information content (AvgIpc) is 2.90. The summed E-state index contributed by atoms with van der Waals surface area (Å²) in [5.74, 6) is 0.128. The van der Waals surface area contributed by atoms with Crippen LogP contribution >= 0.6 is 0 Å². The van der Waals surface area contributed by atoms with E-state index in [1.807, 2.05) is 78.7 Å². The van der Waals surface area contributed by atoms with Crippen LogP contribution in [0.5, 0.6) is 0 Å². The molecule has 1 fully saturated rings. The fourth-order valence-corrected chi connectivity index (χ4v) is 4.52. The van der Waals surface area contributed by atoms with Gasteiger partial charge in [0.2, 0.25) is 11.8 Å². The van der Waals surface area contributed by atoms with Crippen molar-refractivity contribution >= 4 is 11.8 Å². The van der Waals surface area contributed by atoms with Gasteiger partial charge in [-0.05, 0) is 16.7 Å². The maximum Gasteiger partial charge on any atom is 0.237 e. The van der Waals surface area contributed by atoms with Crippen LogP contribution in [0.4, 0.5) is 0 Å². The third-order valence-electron chi connectivity index (χ3n) is 6.53. The van der Waals surface area contributed by atoms with E-state index in [4.69, 9.17) is 0 Å². The Hall–Kier alpha value is -3.48. The van der Waals surface area contributed by atoms with Crippen LogP contribution in [0.3, 0.4) is 0 Å². The zero-order chi connectivity index (χ0) is 24.5. The number of hydrogen-bond donors (Lipinski definition) is 1. The van der Waals surface area contributed by atoms with Crippen molar-refractivity contribution in [1.82, 2.24) is 20.0 Å². The molecule has 35 heavy (non-hydrogen) atoms. The molecule has 6 heteroatoms. The predicted molar refractivity (Wildman–Crippen MR) is 139 cm³/mol. The minimum atomic E-state index is -0.125. The fraction of sp³-hybridized carbons (Fsp3) is 0.310. The minimum absolute atomic E-state index is 0.0340. The van der Waals surface area contributed by atoms with Crippen molar-refractivity contribution in [2.24, 2.45) is 0 Å². The standard InChI is InChI=1S/C29H34N4O2/c1-31(29(25-13-7-3-8-14-25)26-15-9-4-10-16-26)28(35)23-33-19-17-32(18-20-33)22-27(34)30-21-24-11-5-2-6-12-24/h2-16,29H,17-23H2,1H3,(H,30,34). The van der Waals surface area contributed by atoms with Gasteiger partial charge < -0.3 is 10.2 Å². The number of benzene rings is 3. The smallest absolute Gasteiger partial charge is 0.237 e. The van der Waals surface area contributed by atoms with E-state index >= 15 is 0 Å². The Morgan fingerprint density at radius 1 is 0.743 bits per heavy atom. The number of likely N-dealkylation sites (N-methyl/N-ethyl adjacent to an activating group) is 1. The van der Waals surface area contributed by atoms with Crippen molar-refractivity contribution in [3.8, 4) is 0 Å².